The second-order valence-corrected chi connectivity index (χ2v) is 4.37. The summed E-state index contributed by atoms with van der Waals surface area (Å²) >= 11 is 0. The molecule has 0 spiro atoms. The normalized spacial score (nSPS) is 23.3. The first-order valence-electron chi connectivity index (χ1n) is 5.41. The van der Waals surface area contributed by atoms with Gasteiger partial charge in [-0.1, -0.05) is 32.6 Å². The van der Waals surface area contributed by atoms with Crippen molar-refractivity contribution in [1.29, 1.82) is 0 Å². The second-order valence-electron chi connectivity index (χ2n) is 4.37. The van der Waals surface area contributed by atoms with Gasteiger partial charge >= 0.3 is 0 Å². The fourth-order valence-corrected chi connectivity index (χ4v) is 2.33. The molecule has 0 amide bonds. The first kappa shape index (κ1) is 11.0. The van der Waals surface area contributed by atoms with Crippen LogP contribution < -0.4 is 0 Å². The van der Waals surface area contributed by atoms with E-state index in [1.807, 2.05) is 6.92 Å². The van der Waals surface area contributed by atoms with Gasteiger partial charge in [0.25, 0.3) is 0 Å². The standard InChI is InChI=1S/C11H22O2/c1-3-11(12,9-13-2)8-10-6-4-5-7-10/h10,12H,3-9H2,1-2H3. The summed E-state index contributed by atoms with van der Waals surface area (Å²) in [5, 5.41) is 10.2. The molecular formula is C11H22O2. The van der Waals surface area contributed by atoms with Crippen LogP contribution >= 0.6 is 0 Å². The Labute approximate surface area is 81.3 Å². The summed E-state index contributed by atoms with van der Waals surface area (Å²) in [6, 6.07) is 0. The zero-order chi connectivity index (χ0) is 9.73. The van der Waals surface area contributed by atoms with Crippen molar-refractivity contribution in [2.75, 3.05) is 13.7 Å². The summed E-state index contributed by atoms with van der Waals surface area (Å²) in [7, 11) is 1.66. The maximum Gasteiger partial charge on any atom is 0.0880 e. The lowest BCUT2D eigenvalue weighted by Crippen LogP contribution is -2.35. The monoisotopic (exact) mass is 186 g/mol. The van der Waals surface area contributed by atoms with E-state index in [4.69, 9.17) is 4.74 Å². The van der Waals surface area contributed by atoms with Crippen molar-refractivity contribution in [3.63, 3.8) is 0 Å². The maximum atomic E-state index is 10.2. The van der Waals surface area contributed by atoms with E-state index < -0.39 is 5.60 Å². The Morgan fingerprint density at radius 3 is 2.46 bits per heavy atom. The molecule has 1 aliphatic carbocycles. The third-order valence-corrected chi connectivity index (χ3v) is 3.21. The summed E-state index contributed by atoms with van der Waals surface area (Å²) in [5.74, 6) is 0.736. The molecule has 1 rings (SSSR count). The van der Waals surface area contributed by atoms with Gasteiger partial charge in [0.1, 0.15) is 0 Å². The van der Waals surface area contributed by atoms with Crippen molar-refractivity contribution >= 4 is 0 Å². The van der Waals surface area contributed by atoms with Gasteiger partial charge in [0.2, 0.25) is 0 Å². The third-order valence-electron chi connectivity index (χ3n) is 3.21. The lowest BCUT2D eigenvalue weighted by Gasteiger charge is -2.28. The highest BCUT2D eigenvalue weighted by Crippen LogP contribution is 2.33. The molecule has 0 aromatic rings. The molecule has 1 atom stereocenters. The molecule has 0 aliphatic heterocycles. The van der Waals surface area contributed by atoms with Crippen LogP contribution in [0.1, 0.15) is 45.4 Å². The van der Waals surface area contributed by atoms with Crippen molar-refractivity contribution in [1.82, 2.24) is 0 Å². The van der Waals surface area contributed by atoms with E-state index >= 15 is 0 Å². The first-order valence-corrected chi connectivity index (χ1v) is 5.41. The molecule has 0 heterocycles. The van der Waals surface area contributed by atoms with E-state index in [2.05, 4.69) is 0 Å². The fraction of sp³-hybridized carbons (Fsp3) is 1.00. The van der Waals surface area contributed by atoms with E-state index in [1.165, 1.54) is 25.7 Å². The lowest BCUT2D eigenvalue weighted by molar-refractivity contribution is -0.0497. The largest absolute Gasteiger partial charge is 0.387 e. The zero-order valence-corrected chi connectivity index (χ0v) is 8.88. The summed E-state index contributed by atoms with van der Waals surface area (Å²) in [6.45, 7) is 2.52. The van der Waals surface area contributed by atoms with Crippen molar-refractivity contribution in [2.45, 2.75) is 51.0 Å². The highest BCUT2D eigenvalue weighted by atomic mass is 16.5. The van der Waals surface area contributed by atoms with Gasteiger partial charge < -0.3 is 9.84 Å². The Kier molecular flexibility index (Phi) is 4.20. The Balaban J connectivity index is 2.36. The van der Waals surface area contributed by atoms with Gasteiger partial charge in [-0.2, -0.15) is 0 Å². The minimum Gasteiger partial charge on any atom is -0.387 e. The van der Waals surface area contributed by atoms with Gasteiger partial charge in [0.15, 0.2) is 0 Å². The van der Waals surface area contributed by atoms with Gasteiger partial charge in [0, 0.05) is 7.11 Å². The Morgan fingerprint density at radius 2 is 2.00 bits per heavy atom. The number of rotatable bonds is 5. The smallest absolute Gasteiger partial charge is 0.0880 e. The average Bonchev–Trinajstić information content (AvgIpc) is 2.57. The molecule has 13 heavy (non-hydrogen) atoms. The second kappa shape index (κ2) is 4.97. The quantitative estimate of drug-likeness (QED) is 0.714. The molecular weight excluding hydrogens is 164 g/mol. The number of hydrogen-bond acceptors (Lipinski definition) is 2. The van der Waals surface area contributed by atoms with E-state index in [1.54, 1.807) is 7.11 Å². The molecule has 0 radical (unpaired) electrons. The van der Waals surface area contributed by atoms with Crippen LogP contribution in [0.15, 0.2) is 0 Å². The summed E-state index contributed by atoms with van der Waals surface area (Å²) in [5.41, 5.74) is -0.566. The first-order chi connectivity index (χ1) is 6.20. The van der Waals surface area contributed by atoms with Gasteiger partial charge in [-0.25, -0.2) is 0 Å². The Morgan fingerprint density at radius 1 is 1.38 bits per heavy atom. The number of aliphatic hydroxyl groups is 1. The molecule has 1 fully saturated rings. The zero-order valence-electron chi connectivity index (χ0n) is 8.88. The topological polar surface area (TPSA) is 29.5 Å². The lowest BCUT2D eigenvalue weighted by atomic mass is 9.88. The molecule has 1 N–H and O–H groups in total. The SMILES string of the molecule is CCC(O)(COC)CC1CCCC1. The van der Waals surface area contributed by atoms with Crippen LogP contribution in [0.4, 0.5) is 0 Å². The average molecular weight is 186 g/mol. The van der Waals surface area contributed by atoms with Gasteiger partial charge in [-0.3, -0.25) is 0 Å². The molecule has 1 unspecified atom stereocenters. The number of ether oxygens (including phenoxy) is 1. The Hall–Kier alpha value is -0.0800. The van der Waals surface area contributed by atoms with Gasteiger partial charge in [0.05, 0.1) is 12.2 Å². The highest BCUT2D eigenvalue weighted by Gasteiger charge is 2.29. The molecule has 78 valence electrons. The minimum atomic E-state index is -0.566. The molecule has 1 aliphatic rings. The van der Waals surface area contributed by atoms with Crippen LogP contribution in [0.25, 0.3) is 0 Å². The highest BCUT2D eigenvalue weighted by molar-refractivity contribution is 4.82. The van der Waals surface area contributed by atoms with Gasteiger partial charge in [-0.15, -0.1) is 0 Å². The molecule has 0 aromatic carbocycles. The van der Waals surface area contributed by atoms with Crippen molar-refractivity contribution in [3.8, 4) is 0 Å². The third kappa shape index (κ3) is 3.28. The molecule has 0 saturated heterocycles. The number of methoxy groups -OCH3 is 1. The van der Waals surface area contributed by atoms with Crippen molar-refractivity contribution in [2.24, 2.45) is 5.92 Å². The van der Waals surface area contributed by atoms with Crippen LogP contribution in [-0.2, 0) is 4.74 Å². The van der Waals surface area contributed by atoms with Crippen LogP contribution in [0.5, 0.6) is 0 Å². The van der Waals surface area contributed by atoms with Crippen LogP contribution in [0.2, 0.25) is 0 Å². The van der Waals surface area contributed by atoms with Crippen molar-refractivity contribution in [3.05, 3.63) is 0 Å². The van der Waals surface area contributed by atoms with E-state index in [0.717, 1.165) is 18.8 Å². The maximum absolute atomic E-state index is 10.2. The fourth-order valence-electron chi connectivity index (χ4n) is 2.33. The predicted octanol–water partition coefficient (Wildman–Crippen LogP) is 2.35. The van der Waals surface area contributed by atoms with E-state index in [9.17, 15) is 5.11 Å². The summed E-state index contributed by atoms with van der Waals surface area (Å²) < 4.78 is 5.06. The molecule has 2 nitrogen and oxygen atoms in total. The molecule has 1 saturated carbocycles. The van der Waals surface area contributed by atoms with E-state index in [0.29, 0.717) is 6.61 Å². The van der Waals surface area contributed by atoms with Gasteiger partial charge in [-0.05, 0) is 18.8 Å². The van der Waals surface area contributed by atoms with Crippen molar-refractivity contribution < 1.29 is 9.84 Å². The van der Waals surface area contributed by atoms with E-state index in [-0.39, 0.29) is 0 Å². The minimum absolute atomic E-state index is 0.486. The van der Waals surface area contributed by atoms with Crippen LogP contribution in [-0.4, -0.2) is 24.4 Å². The molecule has 0 bridgehead atoms. The number of hydrogen-bond donors (Lipinski definition) is 1. The summed E-state index contributed by atoms with van der Waals surface area (Å²) in [4.78, 5) is 0. The van der Waals surface area contributed by atoms with Crippen LogP contribution in [0, 0.1) is 5.92 Å². The van der Waals surface area contributed by atoms with Crippen LogP contribution in [0.3, 0.4) is 0 Å². The summed E-state index contributed by atoms with van der Waals surface area (Å²) in [6.07, 6.45) is 7.02. The molecule has 0 aromatic heterocycles. The molecule has 2 heteroatoms. The Bertz CT molecular complexity index is 141. The predicted molar refractivity (Wildman–Crippen MR) is 53.7 cm³/mol.